The molecule has 1 aromatic carbocycles. The van der Waals surface area contributed by atoms with Crippen molar-refractivity contribution in [1.29, 1.82) is 0 Å². The molecule has 0 saturated heterocycles. The first kappa shape index (κ1) is 11.6. The third kappa shape index (κ3) is 1.65. The number of fused-ring (bicyclic) bond motifs is 3. The quantitative estimate of drug-likeness (QED) is 0.488. The topological polar surface area (TPSA) is 30.7 Å². The van der Waals surface area contributed by atoms with E-state index >= 15 is 0 Å². The number of rotatable bonds is 1. The normalized spacial score (nSPS) is 11.2. The van der Waals surface area contributed by atoms with Gasteiger partial charge in [-0.25, -0.2) is 4.98 Å². The van der Waals surface area contributed by atoms with E-state index in [9.17, 15) is 0 Å². The van der Waals surface area contributed by atoms with E-state index in [0.29, 0.717) is 0 Å². The van der Waals surface area contributed by atoms with Gasteiger partial charge in [-0.3, -0.25) is 4.98 Å². The minimum atomic E-state index is 0.833. The molecule has 0 aliphatic rings. The van der Waals surface area contributed by atoms with E-state index in [-0.39, 0.29) is 0 Å². The Kier molecular flexibility index (Phi) is 2.57. The standard InChI is InChI=1S/C16H10BrN3/c17-15-8-7-11(10-19-15)20-13-5-2-1-4-12(13)16-14(20)6-3-9-18-16/h1-10H. The highest BCUT2D eigenvalue weighted by molar-refractivity contribution is 9.10. The predicted molar refractivity (Wildman–Crippen MR) is 84.1 cm³/mol. The van der Waals surface area contributed by atoms with E-state index < -0.39 is 0 Å². The van der Waals surface area contributed by atoms with Crippen LogP contribution in [0, 0.1) is 0 Å². The molecule has 3 heterocycles. The summed E-state index contributed by atoms with van der Waals surface area (Å²) in [4.78, 5) is 8.85. The largest absolute Gasteiger partial charge is 0.306 e. The maximum Gasteiger partial charge on any atom is 0.106 e. The molecule has 0 spiro atoms. The number of pyridine rings is 2. The summed E-state index contributed by atoms with van der Waals surface area (Å²) in [6.07, 6.45) is 3.70. The Morgan fingerprint density at radius 2 is 1.70 bits per heavy atom. The summed E-state index contributed by atoms with van der Waals surface area (Å²) in [5.74, 6) is 0. The highest BCUT2D eigenvalue weighted by Gasteiger charge is 2.12. The average Bonchev–Trinajstić information content (AvgIpc) is 2.83. The van der Waals surface area contributed by atoms with Crippen molar-refractivity contribution in [2.24, 2.45) is 0 Å². The summed E-state index contributed by atoms with van der Waals surface area (Å²) in [5, 5.41) is 1.16. The third-order valence-corrected chi connectivity index (χ3v) is 3.87. The van der Waals surface area contributed by atoms with Gasteiger partial charge in [-0.05, 0) is 46.3 Å². The number of benzene rings is 1. The van der Waals surface area contributed by atoms with Crippen LogP contribution in [0.3, 0.4) is 0 Å². The molecule has 0 N–H and O–H groups in total. The zero-order valence-electron chi connectivity index (χ0n) is 10.5. The Bertz CT molecular complexity index is 857. The fourth-order valence-corrected chi connectivity index (χ4v) is 2.80. The van der Waals surface area contributed by atoms with E-state index in [1.807, 2.05) is 36.7 Å². The van der Waals surface area contributed by atoms with Gasteiger partial charge < -0.3 is 4.57 Å². The van der Waals surface area contributed by atoms with Gasteiger partial charge in [0.15, 0.2) is 0 Å². The molecule has 4 heteroatoms. The maximum atomic E-state index is 4.52. The zero-order chi connectivity index (χ0) is 13.5. The molecule has 0 radical (unpaired) electrons. The van der Waals surface area contributed by atoms with Gasteiger partial charge in [0.2, 0.25) is 0 Å². The number of hydrogen-bond donors (Lipinski definition) is 0. The van der Waals surface area contributed by atoms with Gasteiger partial charge in [0, 0.05) is 11.6 Å². The van der Waals surface area contributed by atoms with Crippen LogP contribution in [0.25, 0.3) is 27.6 Å². The van der Waals surface area contributed by atoms with Crippen LogP contribution in [0.15, 0.2) is 65.5 Å². The molecule has 0 amide bonds. The van der Waals surface area contributed by atoms with E-state index in [0.717, 1.165) is 32.2 Å². The van der Waals surface area contributed by atoms with E-state index in [1.165, 1.54) is 0 Å². The van der Waals surface area contributed by atoms with E-state index in [4.69, 9.17) is 0 Å². The van der Waals surface area contributed by atoms with Gasteiger partial charge in [0.05, 0.1) is 28.4 Å². The van der Waals surface area contributed by atoms with Crippen LogP contribution in [0.4, 0.5) is 0 Å². The Balaban J connectivity index is 2.17. The highest BCUT2D eigenvalue weighted by atomic mass is 79.9. The summed E-state index contributed by atoms with van der Waals surface area (Å²) in [5.41, 5.74) is 4.29. The minimum Gasteiger partial charge on any atom is -0.306 e. The average molecular weight is 324 g/mol. The number of nitrogens with zero attached hydrogens (tertiary/aromatic N) is 3. The molecule has 4 aromatic rings. The number of aromatic nitrogens is 3. The lowest BCUT2D eigenvalue weighted by Crippen LogP contribution is -1.94. The molecular formula is C16H10BrN3. The van der Waals surface area contributed by atoms with Crippen molar-refractivity contribution in [3.63, 3.8) is 0 Å². The van der Waals surface area contributed by atoms with Crippen LogP contribution < -0.4 is 0 Å². The number of para-hydroxylation sites is 1. The van der Waals surface area contributed by atoms with E-state index in [1.54, 1.807) is 0 Å². The van der Waals surface area contributed by atoms with Gasteiger partial charge in [0.1, 0.15) is 4.60 Å². The fraction of sp³-hybridized carbons (Fsp3) is 0. The van der Waals surface area contributed by atoms with Crippen LogP contribution in [0.5, 0.6) is 0 Å². The van der Waals surface area contributed by atoms with Crippen LogP contribution in [0.1, 0.15) is 0 Å². The molecule has 0 saturated carbocycles. The lowest BCUT2D eigenvalue weighted by molar-refractivity contribution is 1.13. The van der Waals surface area contributed by atoms with Crippen molar-refractivity contribution < 1.29 is 0 Å². The van der Waals surface area contributed by atoms with Gasteiger partial charge in [-0.15, -0.1) is 0 Å². The van der Waals surface area contributed by atoms with Crippen LogP contribution in [-0.2, 0) is 0 Å². The maximum absolute atomic E-state index is 4.52. The summed E-state index contributed by atoms with van der Waals surface area (Å²) in [7, 11) is 0. The van der Waals surface area contributed by atoms with Gasteiger partial charge in [-0.1, -0.05) is 18.2 Å². The molecule has 0 atom stereocenters. The Morgan fingerprint density at radius 3 is 2.55 bits per heavy atom. The molecular weight excluding hydrogens is 314 g/mol. The van der Waals surface area contributed by atoms with E-state index in [2.05, 4.69) is 54.7 Å². The summed E-state index contributed by atoms with van der Waals surface area (Å²) in [6, 6.07) is 16.4. The van der Waals surface area contributed by atoms with Crippen LogP contribution >= 0.6 is 15.9 Å². The van der Waals surface area contributed by atoms with Crippen molar-refractivity contribution in [1.82, 2.24) is 14.5 Å². The second-order valence-electron chi connectivity index (χ2n) is 4.56. The molecule has 0 bridgehead atoms. The van der Waals surface area contributed by atoms with Gasteiger partial charge >= 0.3 is 0 Å². The molecule has 20 heavy (non-hydrogen) atoms. The smallest absolute Gasteiger partial charge is 0.106 e. The molecule has 96 valence electrons. The zero-order valence-corrected chi connectivity index (χ0v) is 12.1. The Hall–Kier alpha value is -2.20. The molecule has 4 rings (SSSR count). The molecule has 0 fully saturated rings. The fourth-order valence-electron chi connectivity index (χ4n) is 2.56. The molecule has 0 unspecified atom stereocenters. The minimum absolute atomic E-state index is 0.833. The monoisotopic (exact) mass is 323 g/mol. The second-order valence-corrected chi connectivity index (χ2v) is 5.38. The first-order valence-corrected chi connectivity index (χ1v) is 7.10. The molecule has 0 aliphatic carbocycles. The summed E-state index contributed by atoms with van der Waals surface area (Å²) in [6.45, 7) is 0. The SMILES string of the molecule is Brc1ccc(-n2c3ccccc3c3ncccc32)cn1. The molecule has 0 aliphatic heterocycles. The number of hydrogen-bond acceptors (Lipinski definition) is 2. The highest BCUT2D eigenvalue weighted by Crippen LogP contribution is 2.30. The summed E-state index contributed by atoms with van der Waals surface area (Å²) < 4.78 is 3.03. The Labute approximate surface area is 124 Å². The van der Waals surface area contributed by atoms with Crippen molar-refractivity contribution in [3.05, 3.63) is 65.5 Å². The lowest BCUT2D eigenvalue weighted by atomic mass is 10.2. The van der Waals surface area contributed by atoms with Crippen molar-refractivity contribution >= 4 is 37.9 Å². The van der Waals surface area contributed by atoms with Crippen molar-refractivity contribution in [3.8, 4) is 5.69 Å². The van der Waals surface area contributed by atoms with Gasteiger partial charge in [-0.2, -0.15) is 0 Å². The van der Waals surface area contributed by atoms with Crippen LogP contribution in [-0.4, -0.2) is 14.5 Å². The van der Waals surface area contributed by atoms with Crippen molar-refractivity contribution in [2.45, 2.75) is 0 Å². The first-order chi connectivity index (χ1) is 9.84. The Morgan fingerprint density at radius 1 is 0.850 bits per heavy atom. The molecule has 3 aromatic heterocycles. The number of halogens is 1. The van der Waals surface area contributed by atoms with Crippen molar-refractivity contribution in [2.75, 3.05) is 0 Å². The predicted octanol–water partition coefficient (Wildman–Crippen LogP) is 4.34. The summed E-state index contributed by atoms with van der Waals surface area (Å²) >= 11 is 3.38. The molecule has 3 nitrogen and oxygen atoms in total. The lowest BCUT2D eigenvalue weighted by Gasteiger charge is -2.06. The van der Waals surface area contributed by atoms with Gasteiger partial charge in [0.25, 0.3) is 0 Å². The second kappa shape index (κ2) is 4.42. The first-order valence-electron chi connectivity index (χ1n) is 6.31. The van der Waals surface area contributed by atoms with Crippen LogP contribution in [0.2, 0.25) is 0 Å². The third-order valence-electron chi connectivity index (χ3n) is 3.40.